The molecular weight excluding hydrogens is 280 g/mol. The second-order valence-electron chi connectivity index (χ2n) is 4.59. The van der Waals surface area contributed by atoms with Gasteiger partial charge in [0.25, 0.3) is 0 Å². The molecule has 1 aliphatic rings. The van der Waals surface area contributed by atoms with Gasteiger partial charge in [0.1, 0.15) is 0 Å². The Morgan fingerprint density at radius 2 is 2.29 bits per heavy atom. The lowest BCUT2D eigenvalue weighted by atomic mass is 10.1. The summed E-state index contributed by atoms with van der Waals surface area (Å²) < 4.78 is 1.09. The molecule has 0 aromatic heterocycles. The molecule has 3 nitrogen and oxygen atoms in total. The van der Waals surface area contributed by atoms with Crippen molar-refractivity contribution >= 4 is 21.6 Å². The summed E-state index contributed by atoms with van der Waals surface area (Å²) in [6.07, 6.45) is 2.07. The van der Waals surface area contributed by atoms with Crippen LogP contribution in [-0.4, -0.2) is 24.8 Å². The van der Waals surface area contributed by atoms with E-state index in [1.54, 1.807) is 0 Å². The van der Waals surface area contributed by atoms with Crippen molar-refractivity contribution in [1.82, 2.24) is 0 Å². The van der Waals surface area contributed by atoms with Crippen molar-refractivity contribution < 1.29 is 5.11 Å². The lowest BCUT2D eigenvalue weighted by Crippen LogP contribution is -2.22. The third-order valence-corrected chi connectivity index (χ3v) is 3.92. The van der Waals surface area contributed by atoms with Crippen LogP contribution in [0.1, 0.15) is 18.4 Å². The quantitative estimate of drug-likeness (QED) is 0.895. The van der Waals surface area contributed by atoms with Gasteiger partial charge in [-0.1, -0.05) is 22.0 Å². The van der Waals surface area contributed by atoms with E-state index in [1.165, 1.54) is 11.3 Å². The van der Waals surface area contributed by atoms with Crippen LogP contribution in [0.5, 0.6) is 0 Å². The fourth-order valence-corrected chi connectivity index (χ4v) is 2.82. The number of aliphatic hydroxyl groups is 1. The van der Waals surface area contributed by atoms with Crippen molar-refractivity contribution in [3.8, 4) is 0 Å². The Labute approximate surface area is 111 Å². The maximum absolute atomic E-state index is 8.98. The topological polar surface area (TPSA) is 49.5 Å². The molecule has 0 bridgehead atoms. The Balaban J connectivity index is 2.14. The fraction of sp³-hybridized carbons (Fsp3) is 0.538. The summed E-state index contributed by atoms with van der Waals surface area (Å²) in [6.45, 7) is 2.96. The number of nitrogens with zero attached hydrogens (tertiary/aromatic N) is 1. The zero-order valence-corrected chi connectivity index (χ0v) is 11.5. The molecule has 1 aromatic rings. The zero-order chi connectivity index (χ0) is 12.3. The molecule has 2 rings (SSSR count). The number of hydrogen-bond donors (Lipinski definition) is 2. The normalized spacial score (nSPS) is 19.9. The molecule has 0 aliphatic carbocycles. The van der Waals surface area contributed by atoms with Crippen LogP contribution in [0.2, 0.25) is 0 Å². The highest BCUT2D eigenvalue weighted by molar-refractivity contribution is 9.10. The van der Waals surface area contributed by atoms with Gasteiger partial charge in [-0.05, 0) is 36.5 Å². The molecule has 0 amide bonds. The second-order valence-corrected chi connectivity index (χ2v) is 5.51. The number of aliphatic hydroxyl groups excluding tert-OH is 1. The average molecular weight is 299 g/mol. The molecule has 94 valence electrons. The van der Waals surface area contributed by atoms with Gasteiger partial charge in [-0.25, -0.2) is 0 Å². The predicted octanol–water partition coefficient (Wildman–Crippen LogP) is 2.12. The Kier molecular flexibility index (Phi) is 4.42. The van der Waals surface area contributed by atoms with Crippen molar-refractivity contribution in [3.05, 3.63) is 28.2 Å². The molecule has 0 radical (unpaired) electrons. The molecule has 4 heteroatoms. The summed E-state index contributed by atoms with van der Waals surface area (Å²) in [4.78, 5) is 2.38. The Bertz CT molecular complexity index is 384. The van der Waals surface area contributed by atoms with E-state index >= 15 is 0 Å². The molecule has 17 heavy (non-hydrogen) atoms. The standard InChI is InChI=1S/C13H19BrN2O/c14-12-2-1-11(8-15)13(7-12)16-5-3-10(9-16)4-6-17/h1-2,7,10,17H,3-6,8-9,15H2. The van der Waals surface area contributed by atoms with Crippen molar-refractivity contribution in [2.75, 3.05) is 24.6 Å². The van der Waals surface area contributed by atoms with Crippen LogP contribution < -0.4 is 10.6 Å². The van der Waals surface area contributed by atoms with E-state index in [0.29, 0.717) is 19.1 Å². The molecule has 1 heterocycles. The number of rotatable bonds is 4. The first-order valence-corrected chi connectivity index (χ1v) is 6.88. The summed E-state index contributed by atoms with van der Waals surface area (Å²) in [5, 5.41) is 8.98. The van der Waals surface area contributed by atoms with Gasteiger partial charge < -0.3 is 15.7 Å². The van der Waals surface area contributed by atoms with Crippen LogP contribution in [-0.2, 0) is 6.54 Å². The number of nitrogens with two attached hydrogens (primary N) is 1. The summed E-state index contributed by atoms with van der Waals surface area (Å²) in [6, 6.07) is 6.26. The monoisotopic (exact) mass is 298 g/mol. The van der Waals surface area contributed by atoms with Gasteiger partial charge in [0, 0.05) is 36.4 Å². The minimum atomic E-state index is 0.292. The molecule has 3 N–H and O–H groups in total. The largest absolute Gasteiger partial charge is 0.396 e. The summed E-state index contributed by atoms with van der Waals surface area (Å²) in [7, 11) is 0. The minimum Gasteiger partial charge on any atom is -0.396 e. The SMILES string of the molecule is NCc1ccc(Br)cc1N1CCC(CCO)C1. The molecular formula is C13H19BrN2O. The van der Waals surface area contributed by atoms with Gasteiger partial charge >= 0.3 is 0 Å². The van der Waals surface area contributed by atoms with Gasteiger partial charge in [0.15, 0.2) is 0 Å². The highest BCUT2D eigenvalue weighted by Crippen LogP contribution is 2.30. The van der Waals surface area contributed by atoms with E-state index < -0.39 is 0 Å². The lowest BCUT2D eigenvalue weighted by Gasteiger charge is -2.22. The van der Waals surface area contributed by atoms with Crippen LogP contribution in [0.3, 0.4) is 0 Å². The molecule has 1 fully saturated rings. The van der Waals surface area contributed by atoms with Crippen molar-refractivity contribution in [3.63, 3.8) is 0 Å². The van der Waals surface area contributed by atoms with E-state index in [9.17, 15) is 0 Å². The van der Waals surface area contributed by atoms with Gasteiger partial charge in [-0.15, -0.1) is 0 Å². The number of hydrogen-bond acceptors (Lipinski definition) is 3. The lowest BCUT2D eigenvalue weighted by molar-refractivity contribution is 0.263. The molecule has 1 aliphatic heterocycles. The minimum absolute atomic E-state index is 0.292. The van der Waals surface area contributed by atoms with Crippen LogP contribution >= 0.6 is 15.9 Å². The molecule has 0 spiro atoms. The molecule has 1 saturated heterocycles. The first kappa shape index (κ1) is 12.9. The molecule has 0 saturated carbocycles. The van der Waals surface area contributed by atoms with Crippen LogP contribution in [0.15, 0.2) is 22.7 Å². The average Bonchev–Trinajstić information content (AvgIpc) is 2.78. The van der Waals surface area contributed by atoms with Crippen molar-refractivity contribution in [2.45, 2.75) is 19.4 Å². The first-order valence-electron chi connectivity index (χ1n) is 6.09. The first-order chi connectivity index (χ1) is 8.24. The third kappa shape index (κ3) is 3.00. The summed E-state index contributed by atoms with van der Waals surface area (Å²) >= 11 is 3.51. The van der Waals surface area contributed by atoms with E-state index in [0.717, 1.165) is 30.4 Å². The fourth-order valence-electron chi connectivity index (χ4n) is 2.47. The smallest absolute Gasteiger partial charge is 0.0434 e. The Morgan fingerprint density at radius 1 is 1.47 bits per heavy atom. The van der Waals surface area contributed by atoms with Gasteiger partial charge in [-0.3, -0.25) is 0 Å². The van der Waals surface area contributed by atoms with Gasteiger partial charge in [0.2, 0.25) is 0 Å². The van der Waals surface area contributed by atoms with Gasteiger partial charge in [-0.2, -0.15) is 0 Å². The van der Waals surface area contributed by atoms with Crippen LogP contribution in [0, 0.1) is 5.92 Å². The molecule has 1 atom stereocenters. The van der Waals surface area contributed by atoms with Crippen LogP contribution in [0.25, 0.3) is 0 Å². The highest BCUT2D eigenvalue weighted by atomic mass is 79.9. The second kappa shape index (κ2) is 5.85. The van der Waals surface area contributed by atoms with E-state index in [4.69, 9.17) is 10.8 Å². The number of anilines is 1. The molecule has 1 unspecified atom stereocenters. The van der Waals surface area contributed by atoms with E-state index in [1.807, 2.05) is 6.07 Å². The highest BCUT2D eigenvalue weighted by Gasteiger charge is 2.23. The van der Waals surface area contributed by atoms with Crippen molar-refractivity contribution in [1.29, 1.82) is 0 Å². The maximum atomic E-state index is 8.98. The van der Waals surface area contributed by atoms with Crippen molar-refractivity contribution in [2.24, 2.45) is 11.7 Å². The van der Waals surface area contributed by atoms with E-state index in [-0.39, 0.29) is 0 Å². The Morgan fingerprint density at radius 3 is 3.00 bits per heavy atom. The zero-order valence-electron chi connectivity index (χ0n) is 9.90. The summed E-state index contributed by atoms with van der Waals surface area (Å²) in [5.41, 5.74) is 8.21. The summed E-state index contributed by atoms with van der Waals surface area (Å²) in [5.74, 6) is 0.615. The number of halogens is 1. The predicted molar refractivity (Wildman–Crippen MR) is 74.1 cm³/mol. The maximum Gasteiger partial charge on any atom is 0.0434 e. The molecule has 1 aromatic carbocycles. The van der Waals surface area contributed by atoms with Gasteiger partial charge in [0.05, 0.1) is 0 Å². The number of benzene rings is 1. The van der Waals surface area contributed by atoms with Crippen LogP contribution in [0.4, 0.5) is 5.69 Å². The Hall–Kier alpha value is -0.580. The van der Waals surface area contributed by atoms with E-state index in [2.05, 4.69) is 33.0 Å². The third-order valence-electron chi connectivity index (χ3n) is 3.43.